The average Bonchev–Trinajstić information content (AvgIpc) is 3.24. The van der Waals surface area contributed by atoms with Crippen LogP contribution in [0.2, 0.25) is 5.02 Å². The third-order valence-corrected chi connectivity index (χ3v) is 7.89. The number of anilines is 1. The van der Waals surface area contributed by atoms with Gasteiger partial charge >= 0.3 is 0 Å². The van der Waals surface area contributed by atoms with Crippen molar-refractivity contribution in [1.29, 1.82) is 0 Å². The average molecular weight is 479 g/mol. The van der Waals surface area contributed by atoms with Crippen LogP contribution in [0, 0.1) is 0 Å². The van der Waals surface area contributed by atoms with E-state index in [4.69, 9.17) is 11.6 Å². The van der Waals surface area contributed by atoms with E-state index in [2.05, 4.69) is 10.3 Å². The second-order valence-electron chi connectivity index (χ2n) is 6.52. The van der Waals surface area contributed by atoms with Crippen molar-refractivity contribution in [2.45, 2.75) is 23.9 Å². The molecule has 10 heteroatoms. The van der Waals surface area contributed by atoms with Gasteiger partial charge < -0.3 is 5.32 Å². The number of amides is 1. The molecule has 1 amide bonds. The minimum atomic E-state index is -3.76. The zero-order valence-corrected chi connectivity index (χ0v) is 19.8. The van der Waals surface area contributed by atoms with E-state index in [-0.39, 0.29) is 15.8 Å². The Morgan fingerprint density at radius 1 is 1.19 bits per heavy atom. The van der Waals surface area contributed by atoms with E-state index in [9.17, 15) is 13.2 Å². The highest BCUT2D eigenvalue weighted by molar-refractivity contribution is 7.98. The number of thioether (sulfide) groups is 1. The minimum absolute atomic E-state index is 0.0348. The zero-order chi connectivity index (χ0) is 22.6. The Kier molecular flexibility index (Phi) is 7.42. The molecule has 3 aromatic rings. The molecule has 0 bridgehead atoms. The largest absolute Gasteiger partial charge is 0.322 e. The smallest absolute Gasteiger partial charge is 0.255 e. The predicted molar refractivity (Wildman–Crippen MR) is 125 cm³/mol. The number of hydrogen-bond donors (Lipinski definition) is 1. The summed E-state index contributed by atoms with van der Waals surface area (Å²) >= 11 is 7.67. The van der Waals surface area contributed by atoms with Gasteiger partial charge in [0.05, 0.1) is 5.02 Å². The van der Waals surface area contributed by atoms with Gasteiger partial charge in [0.15, 0.2) is 5.16 Å². The summed E-state index contributed by atoms with van der Waals surface area (Å²) in [7, 11) is -3.76. The summed E-state index contributed by atoms with van der Waals surface area (Å²) < 4.78 is 29.0. The molecule has 0 saturated carbocycles. The van der Waals surface area contributed by atoms with Crippen molar-refractivity contribution >= 4 is 45.0 Å². The predicted octanol–water partition coefficient (Wildman–Crippen LogP) is 4.53. The quantitative estimate of drug-likeness (QED) is 0.481. The van der Waals surface area contributed by atoms with Crippen molar-refractivity contribution in [3.05, 3.63) is 65.4 Å². The van der Waals surface area contributed by atoms with Crippen molar-refractivity contribution in [3.63, 3.8) is 0 Å². The molecule has 0 aliphatic carbocycles. The van der Waals surface area contributed by atoms with Gasteiger partial charge in [-0.3, -0.25) is 9.36 Å². The lowest BCUT2D eigenvalue weighted by Crippen LogP contribution is -2.30. The molecule has 0 spiro atoms. The molecule has 3 rings (SSSR count). The molecule has 0 atom stereocenters. The maximum atomic E-state index is 12.9. The summed E-state index contributed by atoms with van der Waals surface area (Å²) in [4.78, 5) is 17.1. The molecule has 1 N–H and O–H groups in total. The van der Waals surface area contributed by atoms with Crippen LogP contribution in [0.15, 0.2) is 64.9 Å². The summed E-state index contributed by atoms with van der Waals surface area (Å²) in [6.07, 6.45) is 5.45. The fourth-order valence-electron chi connectivity index (χ4n) is 3.12. The monoisotopic (exact) mass is 478 g/mol. The summed E-state index contributed by atoms with van der Waals surface area (Å²) in [5.74, 6) is -0.360. The number of benzene rings is 2. The van der Waals surface area contributed by atoms with Gasteiger partial charge in [-0.15, -0.1) is 0 Å². The molecule has 0 radical (unpaired) electrons. The fraction of sp³-hybridized carbons (Fsp3) is 0.238. The number of hydrogen-bond acceptors (Lipinski definition) is 5. The third kappa shape index (κ3) is 4.95. The van der Waals surface area contributed by atoms with Gasteiger partial charge in [-0.2, -0.15) is 4.31 Å². The van der Waals surface area contributed by atoms with Crippen molar-refractivity contribution < 1.29 is 13.2 Å². The van der Waals surface area contributed by atoms with E-state index in [1.165, 1.54) is 28.2 Å². The van der Waals surface area contributed by atoms with Crippen LogP contribution in [-0.2, 0) is 10.0 Å². The zero-order valence-electron chi connectivity index (χ0n) is 17.4. The number of aromatic nitrogens is 2. The molecule has 0 saturated heterocycles. The highest BCUT2D eigenvalue weighted by atomic mass is 35.5. The second kappa shape index (κ2) is 9.86. The molecule has 0 aliphatic rings. The third-order valence-electron chi connectivity index (χ3n) is 4.69. The highest BCUT2D eigenvalue weighted by Crippen LogP contribution is 2.28. The lowest BCUT2D eigenvalue weighted by Gasteiger charge is -2.19. The van der Waals surface area contributed by atoms with E-state index in [1.807, 2.05) is 23.1 Å². The molecule has 0 fully saturated rings. The maximum absolute atomic E-state index is 12.9. The number of carbonyl (C=O) groups excluding carboxylic acids is 1. The molecule has 164 valence electrons. The molecule has 1 heterocycles. The number of carbonyl (C=O) groups is 1. The van der Waals surface area contributed by atoms with Crippen LogP contribution < -0.4 is 5.32 Å². The molecule has 31 heavy (non-hydrogen) atoms. The van der Waals surface area contributed by atoms with Gasteiger partial charge in [-0.05, 0) is 42.7 Å². The van der Waals surface area contributed by atoms with Crippen LogP contribution in [0.1, 0.15) is 24.2 Å². The molecule has 0 unspecified atom stereocenters. The first-order chi connectivity index (χ1) is 14.8. The molecule has 1 aromatic heterocycles. The highest BCUT2D eigenvalue weighted by Gasteiger charge is 2.25. The summed E-state index contributed by atoms with van der Waals surface area (Å²) in [6, 6.07) is 11.5. The first kappa shape index (κ1) is 23.3. The fourth-order valence-corrected chi connectivity index (χ4v) is 5.61. The Labute approximate surface area is 191 Å². The van der Waals surface area contributed by atoms with E-state index in [0.29, 0.717) is 24.3 Å². The van der Waals surface area contributed by atoms with Crippen LogP contribution in [-0.4, -0.2) is 47.5 Å². The minimum Gasteiger partial charge on any atom is -0.322 e. The number of nitrogens with zero attached hydrogens (tertiary/aromatic N) is 3. The van der Waals surface area contributed by atoms with Crippen molar-refractivity contribution in [2.75, 3.05) is 24.7 Å². The van der Waals surface area contributed by atoms with Gasteiger partial charge in [0.2, 0.25) is 10.0 Å². The van der Waals surface area contributed by atoms with Crippen LogP contribution in [0.25, 0.3) is 5.69 Å². The van der Waals surface area contributed by atoms with Gasteiger partial charge in [0.1, 0.15) is 4.90 Å². The van der Waals surface area contributed by atoms with E-state index in [1.54, 1.807) is 44.3 Å². The number of rotatable bonds is 8. The van der Waals surface area contributed by atoms with E-state index in [0.717, 1.165) is 10.8 Å². The standard InChI is InChI=1S/C21H23ClN4O3S2/c1-4-25(5-2)31(28,29)19-14-16(9-10-18(19)22)24-20(27)15-7-6-8-17(13-15)26-12-11-23-21(26)30-3/h6-14H,4-5H2,1-3H3,(H,24,27). The second-order valence-corrected chi connectivity index (χ2v) is 9.61. The molecule has 2 aromatic carbocycles. The summed E-state index contributed by atoms with van der Waals surface area (Å²) in [6.45, 7) is 4.17. The summed E-state index contributed by atoms with van der Waals surface area (Å²) in [5.41, 5.74) is 1.58. The maximum Gasteiger partial charge on any atom is 0.255 e. The van der Waals surface area contributed by atoms with Crippen LogP contribution in [0.4, 0.5) is 5.69 Å². The van der Waals surface area contributed by atoms with Crippen molar-refractivity contribution in [1.82, 2.24) is 13.9 Å². The first-order valence-corrected chi connectivity index (χ1v) is 12.6. The van der Waals surface area contributed by atoms with Crippen LogP contribution in [0.5, 0.6) is 0 Å². The van der Waals surface area contributed by atoms with E-state index >= 15 is 0 Å². The van der Waals surface area contributed by atoms with Gasteiger partial charge in [-0.25, -0.2) is 13.4 Å². The number of imidazole rings is 1. The molecular weight excluding hydrogens is 456 g/mol. The normalized spacial score (nSPS) is 11.6. The van der Waals surface area contributed by atoms with Gasteiger partial charge in [0.25, 0.3) is 5.91 Å². The van der Waals surface area contributed by atoms with E-state index < -0.39 is 10.0 Å². The first-order valence-electron chi connectivity index (χ1n) is 9.60. The summed E-state index contributed by atoms with van der Waals surface area (Å²) in [5, 5.41) is 3.68. The number of sulfonamides is 1. The lowest BCUT2D eigenvalue weighted by molar-refractivity contribution is 0.102. The van der Waals surface area contributed by atoms with Crippen LogP contribution in [0.3, 0.4) is 0 Å². The van der Waals surface area contributed by atoms with Crippen molar-refractivity contribution in [3.8, 4) is 5.69 Å². The van der Waals surface area contributed by atoms with Crippen LogP contribution >= 0.6 is 23.4 Å². The Bertz CT molecular complexity index is 1190. The lowest BCUT2D eigenvalue weighted by atomic mass is 10.2. The van der Waals surface area contributed by atoms with Gasteiger partial charge in [-0.1, -0.05) is 43.3 Å². The molecule has 7 nitrogen and oxygen atoms in total. The Hall–Kier alpha value is -2.33. The van der Waals surface area contributed by atoms with Gasteiger partial charge in [0, 0.05) is 42.4 Å². The molecule has 0 aliphatic heterocycles. The van der Waals surface area contributed by atoms with Crippen molar-refractivity contribution in [2.24, 2.45) is 0 Å². The Morgan fingerprint density at radius 3 is 2.61 bits per heavy atom. The topological polar surface area (TPSA) is 84.3 Å². The molecular formula is C21H23ClN4O3S2. The number of halogens is 1. The SMILES string of the molecule is CCN(CC)S(=O)(=O)c1cc(NC(=O)c2cccc(-n3ccnc3SC)c2)ccc1Cl. The Balaban J connectivity index is 1.89. The number of nitrogens with one attached hydrogen (secondary N) is 1. The Morgan fingerprint density at radius 2 is 1.94 bits per heavy atom.